The van der Waals surface area contributed by atoms with E-state index in [1.54, 1.807) is 0 Å². The van der Waals surface area contributed by atoms with Crippen molar-refractivity contribution in [3.8, 4) is 0 Å². The van der Waals surface area contributed by atoms with Crippen LogP contribution in [0.25, 0.3) is 0 Å². The number of rotatable bonds is 6. The summed E-state index contributed by atoms with van der Waals surface area (Å²) in [5, 5.41) is 6.09. The number of carbonyl (C=O) groups excluding carboxylic acids is 1. The van der Waals surface area contributed by atoms with Gasteiger partial charge in [0.1, 0.15) is 0 Å². The lowest BCUT2D eigenvalue weighted by molar-refractivity contribution is -0.120. The monoisotopic (exact) mass is 228 g/mol. The lowest BCUT2D eigenvalue weighted by Gasteiger charge is -2.30. The van der Waals surface area contributed by atoms with Gasteiger partial charge >= 0.3 is 0 Å². The van der Waals surface area contributed by atoms with Crippen LogP contribution >= 0.6 is 0 Å². The van der Waals surface area contributed by atoms with E-state index in [0.29, 0.717) is 25.2 Å². The fourth-order valence-corrected chi connectivity index (χ4v) is 2.09. The average molecular weight is 228 g/mol. The van der Waals surface area contributed by atoms with Gasteiger partial charge < -0.3 is 15.4 Å². The minimum Gasteiger partial charge on any atom is -0.378 e. The molecule has 1 amide bonds. The third-order valence-corrected chi connectivity index (χ3v) is 2.90. The predicted molar refractivity (Wildman–Crippen MR) is 64.4 cm³/mol. The molecule has 1 aliphatic rings. The first-order valence-corrected chi connectivity index (χ1v) is 6.38. The fraction of sp³-hybridized carbons (Fsp3) is 0.917. The molecule has 0 aromatic heterocycles. The van der Waals surface area contributed by atoms with E-state index < -0.39 is 0 Å². The second kappa shape index (κ2) is 7.63. The lowest BCUT2D eigenvalue weighted by Crippen LogP contribution is -2.43. The largest absolute Gasteiger partial charge is 0.378 e. The van der Waals surface area contributed by atoms with Crippen molar-refractivity contribution < 1.29 is 9.53 Å². The zero-order valence-corrected chi connectivity index (χ0v) is 10.4. The van der Waals surface area contributed by atoms with Gasteiger partial charge in [0.25, 0.3) is 0 Å². The van der Waals surface area contributed by atoms with Crippen LogP contribution in [0.5, 0.6) is 0 Å². The van der Waals surface area contributed by atoms with Crippen LogP contribution in [0.2, 0.25) is 0 Å². The van der Waals surface area contributed by atoms with Crippen molar-refractivity contribution in [2.75, 3.05) is 19.7 Å². The summed E-state index contributed by atoms with van der Waals surface area (Å²) in [6, 6.07) is 0.438. The van der Waals surface area contributed by atoms with Crippen LogP contribution in [0.15, 0.2) is 0 Å². The summed E-state index contributed by atoms with van der Waals surface area (Å²) >= 11 is 0. The van der Waals surface area contributed by atoms with Gasteiger partial charge in [0.2, 0.25) is 5.91 Å². The lowest BCUT2D eigenvalue weighted by atomic mass is 10.0. The predicted octanol–water partition coefficient (Wildman–Crippen LogP) is 1.06. The molecule has 1 saturated heterocycles. The zero-order valence-electron chi connectivity index (χ0n) is 10.4. The highest BCUT2D eigenvalue weighted by molar-refractivity contribution is 5.77. The molecule has 16 heavy (non-hydrogen) atoms. The molecule has 0 saturated carbocycles. The Morgan fingerprint density at radius 2 is 2.25 bits per heavy atom. The number of likely N-dealkylation sites (N-methyl/N-ethyl adjacent to an activating group) is 1. The van der Waals surface area contributed by atoms with E-state index in [0.717, 1.165) is 32.3 Å². The standard InChI is InChI=1S/C12H24N2O2/c1-3-5-11-8-10(6-7-16-11)14-9-12(15)13-4-2/h10-11,14H,3-9H2,1-2H3,(H,13,15). The van der Waals surface area contributed by atoms with Gasteiger partial charge in [-0.25, -0.2) is 0 Å². The van der Waals surface area contributed by atoms with Crippen molar-refractivity contribution in [2.24, 2.45) is 0 Å². The Hall–Kier alpha value is -0.610. The summed E-state index contributed by atoms with van der Waals surface area (Å²) in [6.45, 7) is 6.06. The minimum atomic E-state index is 0.0843. The summed E-state index contributed by atoms with van der Waals surface area (Å²) < 4.78 is 5.66. The van der Waals surface area contributed by atoms with Crippen LogP contribution < -0.4 is 10.6 Å². The van der Waals surface area contributed by atoms with Crippen molar-refractivity contribution in [1.29, 1.82) is 0 Å². The van der Waals surface area contributed by atoms with E-state index in [1.165, 1.54) is 0 Å². The van der Waals surface area contributed by atoms with Gasteiger partial charge in [0.05, 0.1) is 12.6 Å². The maximum atomic E-state index is 11.3. The number of nitrogens with one attached hydrogen (secondary N) is 2. The average Bonchev–Trinajstić information content (AvgIpc) is 2.28. The smallest absolute Gasteiger partial charge is 0.233 e. The molecule has 94 valence electrons. The minimum absolute atomic E-state index is 0.0843. The number of carbonyl (C=O) groups is 1. The maximum absolute atomic E-state index is 11.3. The Labute approximate surface area is 98.1 Å². The quantitative estimate of drug-likeness (QED) is 0.714. The van der Waals surface area contributed by atoms with Gasteiger partial charge in [-0.3, -0.25) is 4.79 Å². The van der Waals surface area contributed by atoms with Gasteiger partial charge in [-0.2, -0.15) is 0 Å². The molecule has 1 rings (SSSR count). The number of amides is 1. The fourth-order valence-electron chi connectivity index (χ4n) is 2.09. The van der Waals surface area contributed by atoms with Crippen LogP contribution in [-0.2, 0) is 9.53 Å². The first-order chi connectivity index (χ1) is 7.76. The highest BCUT2D eigenvalue weighted by atomic mass is 16.5. The summed E-state index contributed by atoms with van der Waals surface area (Å²) in [5.41, 5.74) is 0. The normalized spacial score (nSPS) is 25.4. The molecule has 1 fully saturated rings. The molecule has 0 aliphatic carbocycles. The SMILES string of the molecule is CCCC1CC(NCC(=O)NCC)CCO1. The van der Waals surface area contributed by atoms with Crippen molar-refractivity contribution >= 4 is 5.91 Å². The molecule has 1 aliphatic heterocycles. The summed E-state index contributed by atoms with van der Waals surface area (Å²) in [4.78, 5) is 11.3. The Bertz CT molecular complexity index is 207. The summed E-state index contributed by atoms with van der Waals surface area (Å²) in [6.07, 6.45) is 4.71. The number of hydrogen-bond acceptors (Lipinski definition) is 3. The Morgan fingerprint density at radius 3 is 2.94 bits per heavy atom. The molecule has 4 nitrogen and oxygen atoms in total. The van der Waals surface area contributed by atoms with Crippen LogP contribution in [0.1, 0.15) is 39.5 Å². The second-order valence-electron chi connectivity index (χ2n) is 4.34. The van der Waals surface area contributed by atoms with Crippen LogP contribution in [-0.4, -0.2) is 37.7 Å². The van der Waals surface area contributed by atoms with Gasteiger partial charge in [-0.05, 0) is 26.2 Å². The highest BCUT2D eigenvalue weighted by Crippen LogP contribution is 2.17. The maximum Gasteiger partial charge on any atom is 0.233 e. The van der Waals surface area contributed by atoms with Gasteiger partial charge in [0.15, 0.2) is 0 Å². The molecule has 1 heterocycles. The Morgan fingerprint density at radius 1 is 1.44 bits per heavy atom. The molecular weight excluding hydrogens is 204 g/mol. The van der Waals surface area contributed by atoms with E-state index in [-0.39, 0.29) is 5.91 Å². The van der Waals surface area contributed by atoms with Crippen LogP contribution in [0.4, 0.5) is 0 Å². The van der Waals surface area contributed by atoms with E-state index in [4.69, 9.17) is 4.74 Å². The van der Waals surface area contributed by atoms with Crippen molar-refractivity contribution in [2.45, 2.75) is 51.7 Å². The molecule has 2 unspecified atom stereocenters. The number of ether oxygens (including phenoxy) is 1. The Kier molecular flexibility index (Phi) is 6.42. The van der Waals surface area contributed by atoms with Gasteiger partial charge in [0, 0.05) is 19.2 Å². The molecule has 2 atom stereocenters. The topological polar surface area (TPSA) is 50.4 Å². The molecule has 0 aromatic rings. The third kappa shape index (κ3) is 4.94. The first kappa shape index (κ1) is 13.5. The summed E-state index contributed by atoms with van der Waals surface area (Å²) in [7, 11) is 0. The molecular formula is C12H24N2O2. The molecule has 0 spiro atoms. The van der Waals surface area contributed by atoms with Crippen molar-refractivity contribution in [3.63, 3.8) is 0 Å². The molecule has 0 bridgehead atoms. The van der Waals surface area contributed by atoms with Crippen LogP contribution in [0.3, 0.4) is 0 Å². The van der Waals surface area contributed by atoms with Gasteiger partial charge in [-0.15, -0.1) is 0 Å². The van der Waals surface area contributed by atoms with Crippen molar-refractivity contribution in [1.82, 2.24) is 10.6 Å². The number of hydrogen-bond donors (Lipinski definition) is 2. The first-order valence-electron chi connectivity index (χ1n) is 6.38. The van der Waals surface area contributed by atoms with Crippen molar-refractivity contribution in [3.05, 3.63) is 0 Å². The molecule has 2 N–H and O–H groups in total. The highest BCUT2D eigenvalue weighted by Gasteiger charge is 2.21. The van der Waals surface area contributed by atoms with E-state index in [9.17, 15) is 4.79 Å². The third-order valence-electron chi connectivity index (χ3n) is 2.90. The Balaban J connectivity index is 2.18. The van der Waals surface area contributed by atoms with Crippen LogP contribution in [0, 0.1) is 0 Å². The zero-order chi connectivity index (χ0) is 11.8. The molecule has 4 heteroatoms. The summed E-state index contributed by atoms with van der Waals surface area (Å²) in [5.74, 6) is 0.0843. The van der Waals surface area contributed by atoms with E-state index >= 15 is 0 Å². The van der Waals surface area contributed by atoms with Gasteiger partial charge in [-0.1, -0.05) is 13.3 Å². The second-order valence-corrected chi connectivity index (χ2v) is 4.34. The molecule has 0 radical (unpaired) electrons. The van der Waals surface area contributed by atoms with E-state index in [2.05, 4.69) is 17.6 Å². The molecule has 0 aromatic carbocycles. The van der Waals surface area contributed by atoms with E-state index in [1.807, 2.05) is 6.92 Å².